The summed E-state index contributed by atoms with van der Waals surface area (Å²) in [7, 11) is 1.29. The summed E-state index contributed by atoms with van der Waals surface area (Å²) in [5.74, 6) is -0.516. The van der Waals surface area contributed by atoms with Crippen molar-refractivity contribution >= 4 is 40.8 Å². The lowest BCUT2D eigenvalue weighted by Crippen LogP contribution is -2.03. The summed E-state index contributed by atoms with van der Waals surface area (Å²) < 4.78 is 4.62. The van der Waals surface area contributed by atoms with Gasteiger partial charge in [0.25, 0.3) is 0 Å². The Balaban J connectivity index is 2.53. The SMILES string of the molecule is COC(=O)c1cc(-c2cc(Cl)c(Cl)cc2Cl)ccn1. The van der Waals surface area contributed by atoms with E-state index in [1.54, 1.807) is 24.3 Å². The van der Waals surface area contributed by atoms with Gasteiger partial charge >= 0.3 is 5.97 Å². The predicted octanol–water partition coefficient (Wildman–Crippen LogP) is 4.50. The van der Waals surface area contributed by atoms with Gasteiger partial charge in [0.2, 0.25) is 0 Å². The maximum atomic E-state index is 11.4. The van der Waals surface area contributed by atoms with E-state index in [1.807, 2.05) is 0 Å². The van der Waals surface area contributed by atoms with E-state index in [1.165, 1.54) is 13.3 Å². The lowest BCUT2D eigenvalue weighted by atomic mass is 10.1. The molecule has 0 N–H and O–H groups in total. The van der Waals surface area contributed by atoms with Gasteiger partial charge < -0.3 is 4.74 Å². The number of carbonyl (C=O) groups is 1. The fraction of sp³-hybridized carbons (Fsp3) is 0.0769. The first-order valence-corrected chi connectivity index (χ1v) is 6.35. The number of aromatic nitrogens is 1. The lowest BCUT2D eigenvalue weighted by Gasteiger charge is -2.07. The molecular weight excluding hydrogens is 309 g/mol. The number of pyridine rings is 1. The molecule has 0 aliphatic heterocycles. The molecule has 0 atom stereocenters. The van der Waals surface area contributed by atoms with Crippen LogP contribution in [0.4, 0.5) is 0 Å². The monoisotopic (exact) mass is 315 g/mol. The molecule has 0 bridgehead atoms. The lowest BCUT2D eigenvalue weighted by molar-refractivity contribution is 0.0594. The van der Waals surface area contributed by atoms with Crippen LogP contribution < -0.4 is 0 Å². The molecule has 2 rings (SSSR count). The molecule has 6 heteroatoms. The van der Waals surface area contributed by atoms with Gasteiger partial charge in [-0.05, 0) is 29.8 Å². The number of esters is 1. The summed E-state index contributed by atoms with van der Waals surface area (Å²) >= 11 is 18.0. The van der Waals surface area contributed by atoms with Crippen LogP contribution in [0.5, 0.6) is 0 Å². The van der Waals surface area contributed by atoms with Crippen molar-refractivity contribution in [2.24, 2.45) is 0 Å². The molecule has 3 nitrogen and oxygen atoms in total. The molecule has 0 radical (unpaired) electrons. The van der Waals surface area contributed by atoms with Crippen molar-refractivity contribution in [1.82, 2.24) is 4.98 Å². The molecule has 0 amide bonds. The first-order chi connectivity index (χ1) is 9.02. The zero-order valence-corrected chi connectivity index (χ0v) is 12.1. The first-order valence-electron chi connectivity index (χ1n) is 5.22. The van der Waals surface area contributed by atoms with Gasteiger partial charge in [0.15, 0.2) is 0 Å². The molecule has 0 aliphatic carbocycles. The molecule has 98 valence electrons. The number of carbonyl (C=O) groups excluding carboxylic acids is 1. The number of rotatable bonds is 2. The van der Waals surface area contributed by atoms with Gasteiger partial charge in [-0.25, -0.2) is 9.78 Å². The van der Waals surface area contributed by atoms with Crippen molar-refractivity contribution in [2.45, 2.75) is 0 Å². The minimum absolute atomic E-state index is 0.196. The van der Waals surface area contributed by atoms with Crippen molar-refractivity contribution < 1.29 is 9.53 Å². The van der Waals surface area contributed by atoms with Crippen molar-refractivity contribution in [3.05, 3.63) is 51.2 Å². The van der Waals surface area contributed by atoms with E-state index in [2.05, 4.69) is 9.72 Å². The van der Waals surface area contributed by atoms with E-state index < -0.39 is 5.97 Å². The Morgan fingerprint density at radius 3 is 2.47 bits per heavy atom. The van der Waals surface area contributed by atoms with Gasteiger partial charge in [-0.15, -0.1) is 0 Å². The number of nitrogens with zero attached hydrogens (tertiary/aromatic N) is 1. The second kappa shape index (κ2) is 5.78. The highest BCUT2D eigenvalue weighted by molar-refractivity contribution is 6.44. The number of ether oxygens (including phenoxy) is 1. The Bertz CT molecular complexity index is 644. The van der Waals surface area contributed by atoms with Crippen molar-refractivity contribution in [1.29, 1.82) is 0 Å². The summed E-state index contributed by atoms with van der Waals surface area (Å²) in [6.07, 6.45) is 1.50. The average molecular weight is 317 g/mol. The van der Waals surface area contributed by atoms with Crippen LogP contribution in [0.25, 0.3) is 11.1 Å². The van der Waals surface area contributed by atoms with Crippen LogP contribution >= 0.6 is 34.8 Å². The van der Waals surface area contributed by atoms with E-state index in [0.29, 0.717) is 26.2 Å². The second-order valence-corrected chi connectivity index (χ2v) is 4.89. The highest BCUT2D eigenvalue weighted by atomic mass is 35.5. The topological polar surface area (TPSA) is 39.2 Å². The van der Waals surface area contributed by atoms with Crippen LogP contribution in [0.15, 0.2) is 30.5 Å². The molecule has 2 aromatic rings. The third kappa shape index (κ3) is 3.00. The maximum absolute atomic E-state index is 11.4. The molecule has 1 aromatic heterocycles. The van der Waals surface area contributed by atoms with E-state index in [0.717, 1.165) is 0 Å². The van der Waals surface area contributed by atoms with Crippen molar-refractivity contribution in [3.8, 4) is 11.1 Å². The summed E-state index contributed by atoms with van der Waals surface area (Å²) in [4.78, 5) is 15.4. The zero-order chi connectivity index (χ0) is 14.0. The third-order valence-electron chi connectivity index (χ3n) is 2.48. The number of halogens is 3. The predicted molar refractivity (Wildman–Crippen MR) is 76.0 cm³/mol. The molecule has 0 saturated carbocycles. The fourth-order valence-corrected chi connectivity index (χ4v) is 2.21. The number of hydrogen-bond acceptors (Lipinski definition) is 3. The number of benzene rings is 1. The maximum Gasteiger partial charge on any atom is 0.356 e. The summed E-state index contributed by atoms with van der Waals surface area (Å²) in [6.45, 7) is 0. The van der Waals surface area contributed by atoms with Crippen molar-refractivity contribution in [2.75, 3.05) is 7.11 Å². The normalized spacial score (nSPS) is 10.3. The van der Waals surface area contributed by atoms with Crippen molar-refractivity contribution in [3.63, 3.8) is 0 Å². The van der Waals surface area contributed by atoms with E-state index in [4.69, 9.17) is 34.8 Å². The van der Waals surface area contributed by atoms with Gasteiger partial charge in [-0.2, -0.15) is 0 Å². The molecule has 1 heterocycles. The van der Waals surface area contributed by atoms with Gasteiger partial charge in [0, 0.05) is 16.8 Å². The van der Waals surface area contributed by atoms with E-state index in [9.17, 15) is 4.79 Å². The summed E-state index contributed by atoms with van der Waals surface area (Å²) in [6, 6.07) is 6.50. The molecular formula is C13H8Cl3NO2. The minimum atomic E-state index is -0.516. The molecule has 19 heavy (non-hydrogen) atoms. The molecule has 1 aromatic carbocycles. The van der Waals surface area contributed by atoms with Crippen LogP contribution in [0.2, 0.25) is 15.1 Å². The Labute approximate surface area is 125 Å². The molecule has 0 spiro atoms. The van der Waals surface area contributed by atoms with Crippen LogP contribution in [-0.4, -0.2) is 18.1 Å². The Morgan fingerprint density at radius 2 is 1.79 bits per heavy atom. The Hall–Kier alpha value is -1.29. The average Bonchev–Trinajstić information content (AvgIpc) is 2.42. The van der Waals surface area contributed by atoms with E-state index in [-0.39, 0.29) is 5.69 Å². The van der Waals surface area contributed by atoms with Crippen LogP contribution in [-0.2, 0) is 4.74 Å². The summed E-state index contributed by atoms with van der Waals surface area (Å²) in [5.41, 5.74) is 1.57. The molecule has 0 aliphatic rings. The quantitative estimate of drug-likeness (QED) is 0.605. The Kier molecular flexibility index (Phi) is 4.30. The van der Waals surface area contributed by atoms with Crippen LogP contribution in [0.1, 0.15) is 10.5 Å². The zero-order valence-electron chi connectivity index (χ0n) is 9.78. The third-order valence-corrected chi connectivity index (χ3v) is 3.51. The first kappa shape index (κ1) is 14.1. The second-order valence-electron chi connectivity index (χ2n) is 3.67. The molecule has 0 unspecified atom stereocenters. The minimum Gasteiger partial charge on any atom is -0.464 e. The van der Waals surface area contributed by atoms with Gasteiger partial charge in [0.1, 0.15) is 5.69 Å². The number of methoxy groups -OCH3 is 1. The fourth-order valence-electron chi connectivity index (χ4n) is 1.56. The highest BCUT2D eigenvalue weighted by Crippen LogP contribution is 2.35. The highest BCUT2D eigenvalue weighted by Gasteiger charge is 2.12. The summed E-state index contributed by atoms with van der Waals surface area (Å²) in [5, 5.41) is 1.20. The molecule has 0 fully saturated rings. The Morgan fingerprint density at radius 1 is 1.11 bits per heavy atom. The standard InChI is InChI=1S/C13H8Cl3NO2/c1-19-13(18)12-4-7(2-3-17-12)8-5-10(15)11(16)6-9(8)14/h2-6H,1H3. The largest absolute Gasteiger partial charge is 0.464 e. The van der Waals surface area contributed by atoms with Crippen LogP contribution in [0, 0.1) is 0 Å². The van der Waals surface area contributed by atoms with Gasteiger partial charge in [-0.3, -0.25) is 0 Å². The number of hydrogen-bond donors (Lipinski definition) is 0. The van der Waals surface area contributed by atoms with Crippen LogP contribution in [0.3, 0.4) is 0 Å². The van der Waals surface area contributed by atoms with Gasteiger partial charge in [0.05, 0.1) is 17.2 Å². The molecule has 0 saturated heterocycles. The van der Waals surface area contributed by atoms with E-state index >= 15 is 0 Å². The van der Waals surface area contributed by atoms with Gasteiger partial charge in [-0.1, -0.05) is 34.8 Å². The smallest absolute Gasteiger partial charge is 0.356 e.